The molecule has 2 saturated heterocycles. The minimum atomic E-state index is -3.78. The van der Waals surface area contributed by atoms with Crippen LogP contribution in [0.3, 0.4) is 0 Å². The third-order valence-electron chi connectivity index (χ3n) is 6.03. The van der Waals surface area contributed by atoms with Gasteiger partial charge in [0.1, 0.15) is 0 Å². The second-order valence-corrected chi connectivity index (χ2v) is 12.2. The fraction of sp³-hybridized carbons (Fsp3) is 0.391. The fourth-order valence-corrected chi connectivity index (χ4v) is 7.13. The maximum Gasteiger partial charge on any atom is 0.338 e. The van der Waals surface area contributed by atoms with Gasteiger partial charge in [0.05, 0.1) is 28.5 Å². The minimum Gasteiger partial charge on any atom is -0.462 e. The van der Waals surface area contributed by atoms with Gasteiger partial charge in [-0.2, -0.15) is 4.31 Å². The van der Waals surface area contributed by atoms with Crippen molar-refractivity contribution < 1.29 is 31.2 Å². The molecule has 1 amide bonds. The molecule has 0 spiro atoms. The summed E-state index contributed by atoms with van der Waals surface area (Å²) in [6.45, 7) is 3.07. The van der Waals surface area contributed by atoms with Crippen LogP contribution in [0.2, 0.25) is 0 Å². The van der Waals surface area contributed by atoms with E-state index in [-0.39, 0.29) is 54.9 Å². The SMILES string of the molecule is CCOC(=O)c1ccc(S(=O)(=O)N2CCN(C(=O)c3ccc(N4CCCS4(=O)=O)cc3)CC2)cc1. The van der Waals surface area contributed by atoms with Gasteiger partial charge in [0.25, 0.3) is 5.91 Å². The molecule has 0 N–H and O–H groups in total. The van der Waals surface area contributed by atoms with Crippen LogP contribution < -0.4 is 4.31 Å². The van der Waals surface area contributed by atoms with Gasteiger partial charge in [-0.05, 0) is 61.9 Å². The number of nitrogens with zero attached hydrogens (tertiary/aromatic N) is 3. The van der Waals surface area contributed by atoms with Crippen LogP contribution in [0.25, 0.3) is 0 Å². The van der Waals surface area contributed by atoms with Crippen LogP contribution in [-0.4, -0.2) is 83.0 Å². The smallest absolute Gasteiger partial charge is 0.338 e. The van der Waals surface area contributed by atoms with Crippen LogP contribution in [0.4, 0.5) is 5.69 Å². The summed E-state index contributed by atoms with van der Waals surface area (Å²) in [4.78, 5) is 26.4. The number of hydrogen-bond acceptors (Lipinski definition) is 7. The fourth-order valence-electron chi connectivity index (χ4n) is 4.14. The van der Waals surface area contributed by atoms with E-state index in [2.05, 4.69) is 0 Å². The Kier molecular flexibility index (Phi) is 7.15. The molecule has 0 radical (unpaired) electrons. The number of ether oxygens (including phenoxy) is 1. The standard InChI is InChI=1S/C23H27N3O7S2/c1-2-33-23(28)19-6-10-21(11-7-19)35(31,32)25-15-13-24(14-16-25)22(27)18-4-8-20(9-5-18)26-12-3-17-34(26,29)30/h4-11H,2-3,12-17H2,1H3. The monoisotopic (exact) mass is 521 g/mol. The third-order valence-corrected chi connectivity index (χ3v) is 9.81. The lowest BCUT2D eigenvalue weighted by Crippen LogP contribution is -2.50. The van der Waals surface area contributed by atoms with E-state index >= 15 is 0 Å². The Morgan fingerprint density at radius 3 is 2.03 bits per heavy atom. The van der Waals surface area contributed by atoms with E-state index in [1.54, 1.807) is 36.1 Å². The topological polar surface area (TPSA) is 121 Å². The maximum absolute atomic E-state index is 13.0. The average Bonchev–Trinajstić information content (AvgIpc) is 3.22. The van der Waals surface area contributed by atoms with Crippen LogP contribution >= 0.6 is 0 Å². The number of benzene rings is 2. The van der Waals surface area contributed by atoms with Crippen molar-refractivity contribution in [3.05, 3.63) is 59.7 Å². The Bertz CT molecular complexity index is 1300. The van der Waals surface area contributed by atoms with E-state index in [0.717, 1.165) is 0 Å². The molecule has 35 heavy (non-hydrogen) atoms. The normalized spacial score (nSPS) is 18.4. The molecule has 2 aromatic rings. The van der Waals surface area contributed by atoms with E-state index in [0.29, 0.717) is 24.2 Å². The first-order chi connectivity index (χ1) is 16.6. The number of piperazine rings is 1. The van der Waals surface area contributed by atoms with Crippen LogP contribution in [-0.2, 0) is 24.8 Å². The first-order valence-electron chi connectivity index (χ1n) is 11.3. The molecule has 0 atom stereocenters. The van der Waals surface area contributed by atoms with Crippen molar-refractivity contribution in [2.24, 2.45) is 0 Å². The zero-order valence-corrected chi connectivity index (χ0v) is 20.9. The molecule has 0 aliphatic carbocycles. The van der Waals surface area contributed by atoms with Gasteiger partial charge < -0.3 is 9.64 Å². The van der Waals surface area contributed by atoms with E-state index in [9.17, 15) is 26.4 Å². The van der Waals surface area contributed by atoms with Gasteiger partial charge in [0, 0.05) is 38.3 Å². The average molecular weight is 522 g/mol. The number of hydrogen-bond donors (Lipinski definition) is 0. The second kappa shape index (κ2) is 9.96. The van der Waals surface area contributed by atoms with Gasteiger partial charge in [0.2, 0.25) is 20.0 Å². The second-order valence-electron chi connectivity index (χ2n) is 8.23. The number of esters is 1. The molecular weight excluding hydrogens is 494 g/mol. The molecule has 188 valence electrons. The first kappa shape index (κ1) is 25.1. The lowest BCUT2D eigenvalue weighted by molar-refractivity contribution is 0.0526. The summed E-state index contributed by atoms with van der Waals surface area (Å²) >= 11 is 0. The Balaban J connectivity index is 1.38. The zero-order valence-electron chi connectivity index (χ0n) is 19.3. The molecule has 2 aliphatic heterocycles. The van der Waals surface area contributed by atoms with Crippen molar-refractivity contribution in [1.29, 1.82) is 0 Å². The van der Waals surface area contributed by atoms with E-state index in [1.165, 1.54) is 32.9 Å². The van der Waals surface area contributed by atoms with Crippen molar-refractivity contribution >= 4 is 37.6 Å². The number of sulfonamides is 2. The summed E-state index contributed by atoms with van der Waals surface area (Å²) in [6, 6.07) is 12.0. The molecule has 2 heterocycles. The van der Waals surface area contributed by atoms with Crippen molar-refractivity contribution in [3.8, 4) is 0 Å². The van der Waals surface area contributed by atoms with E-state index in [4.69, 9.17) is 4.74 Å². The zero-order chi connectivity index (χ0) is 25.2. The number of carbonyl (C=O) groups is 2. The molecule has 0 aromatic heterocycles. The highest BCUT2D eigenvalue weighted by atomic mass is 32.2. The summed E-state index contributed by atoms with van der Waals surface area (Å²) in [5.41, 5.74) is 1.22. The van der Waals surface area contributed by atoms with Crippen LogP contribution in [0, 0.1) is 0 Å². The lowest BCUT2D eigenvalue weighted by atomic mass is 10.1. The van der Waals surface area contributed by atoms with Crippen molar-refractivity contribution in [2.75, 3.05) is 49.4 Å². The number of carbonyl (C=O) groups excluding carboxylic acids is 2. The maximum atomic E-state index is 13.0. The molecular formula is C23H27N3O7S2. The van der Waals surface area contributed by atoms with Gasteiger partial charge in [-0.15, -0.1) is 0 Å². The van der Waals surface area contributed by atoms with Gasteiger partial charge in [-0.1, -0.05) is 0 Å². The molecule has 4 rings (SSSR count). The molecule has 0 saturated carbocycles. The van der Waals surface area contributed by atoms with E-state index in [1.807, 2.05) is 0 Å². The summed E-state index contributed by atoms with van der Waals surface area (Å²) in [5, 5.41) is 0. The highest BCUT2D eigenvalue weighted by Crippen LogP contribution is 2.25. The Labute approximate surface area is 205 Å². The molecule has 2 fully saturated rings. The predicted molar refractivity (Wildman–Crippen MR) is 129 cm³/mol. The lowest BCUT2D eigenvalue weighted by Gasteiger charge is -2.34. The molecule has 2 aromatic carbocycles. The minimum absolute atomic E-state index is 0.0674. The highest BCUT2D eigenvalue weighted by Gasteiger charge is 2.31. The summed E-state index contributed by atoms with van der Waals surface area (Å²) < 4.78 is 57.8. The van der Waals surface area contributed by atoms with Crippen molar-refractivity contribution in [1.82, 2.24) is 9.21 Å². The van der Waals surface area contributed by atoms with Crippen LogP contribution in [0.1, 0.15) is 34.1 Å². The molecule has 0 unspecified atom stereocenters. The number of amides is 1. The van der Waals surface area contributed by atoms with Crippen molar-refractivity contribution in [3.63, 3.8) is 0 Å². The quantitative estimate of drug-likeness (QED) is 0.529. The molecule has 12 heteroatoms. The Hall–Kier alpha value is -2.96. The van der Waals surface area contributed by atoms with Gasteiger partial charge >= 0.3 is 5.97 Å². The van der Waals surface area contributed by atoms with Gasteiger partial charge in [0.15, 0.2) is 0 Å². The highest BCUT2D eigenvalue weighted by molar-refractivity contribution is 7.93. The predicted octanol–water partition coefficient (Wildman–Crippen LogP) is 1.55. The summed E-state index contributed by atoms with van der Waals surface area (Å²) in [5.74, 6) is -0.633. The third kappa shape index (κ3) is 5.19. The molecule has 10 nitrogen and oxygen atoms in total. The molecule has 2 aliphatic rings. The largest absolute Gasteiger partial charge is 0.462 e. The summed E-state index contributed by atoms with van der Waals surface area (Å²) in [7, 11) is -7.07. The Morgan fingerprint density at radius 2 is 1.49 bits per heavy atom. The van der Waals surface area contributed by atoms with Gasteiger partial charge in [-0.25, -0.2) is 21.6 Å². The van der Waals surface area contributed by atoms with E-state index < -0.39 is 26.0 Å². The Morgan fingerprint density at radius 1 is 0.886 bits per heavy atom. The summed E-state index contributed by atoms with van der Waals surface area (Å²) in [6.07, 6.45) is 0.575. The first-order valence-corrected chi connectivity index (χ1v) is 14.4. The number of anilines is 1. The van der Waals surface area contributed by atoms with Crippen LogP contribution in [0.5, 0.6) is 0 Å². The number of rotatable bonds is 6. The van der Waals surface area contributed by atoms with Crippen molar-refractivity contribution in [2.45, 2.75) is 18.2 Å². The molecule has 0 bridgehead atoms. The van der Waals surface area contributed by atoms with Gasteiger partial charge in [-0.3, -0.25) is 9.10 Å². The van der Waals surface area contributed by atoms with Crippen LogP contribution in [0.15, 0.2) is 53.4 Å².